The number of carbonyl (C=O) groups excluding carboxylic acids is 2. The normalized spacial score (nSPS) is 13.7. The van der Waals surface area contributed by atoms with Gasteiger partial charge in [0, 0.05) is 12.8 Å². The highest BCUT2D eigenvalue weighted by Crippen LogP contribution is 2.34. The van der Waals surface area contributed by atoms with Gasteiger partial charge < -0.3 is 29.2 Å². The van der Waals surface area contributed by atoms with Gasteiger partial charge in [-0.2, -0.15) is 0 Å². The number of esters is 1. The van der Waals surface area contributed by atoms with Crippen LogP contribution in [0.2, 0.25) is 0 Å². The molecular formula is C23H30N2O6. The fraction of sp³-hybridized carbons (Fsp3) is 0.478. The standard InChI is InChI=1S/C23H30N2O6/c1-13(2)20(16-6-7-17-18(12-16)30-11-10-29-17)25-22(26)21-14(3)19(15(4)24-21)23(27)31-9-8-28-5/h6-7,12-13,20,24H,8-11H2,1-5H3,(H,25,26). The highest BCUT2D eigenvalue weighted by atomic mass is 16.6. The van der Waals surface area contributed by atoms with Crippen molar-refractivity contribution in [2.75, 3.05) is 33.5 Å². The molecule has 0 radical (unpaired) electrons. The third-order valence-electron chi connectivity index (χ3n) is 5.27. The van der Waals surface area contributed by atoms with Crippen molar-refractivity contribution in [2.24, 2.45) is 5.92 Å². The lowest BCUT2D eigenvalue weighted by atomic mass is 9.95. The first-order chi connectivity index (χ1) is 14.8. The van der Waals surface area contributed by atoms with Crippen molar-refractivity contribution in [3.05, 3.63) is 46.3 Å². The van der Waals surface area contributed by atoms with Gasteiger partial charge in [-0.15, -0.1) is 0 Å². The summed E-state index contributed by atoms with van der Waals surface area (Å²) < 4.78 is 21.4. The molecule has 1 aliphatic rings. The van der Waals surface area contributed by atoms with Gasteiger partial charge in [0.15, 0.2) is 11.5 Å². The van der Waals surface area contributed by atoms with Gasteiger partial charge in [-0.25, -0.2) is 4.79 Å². The van der Waals surface area contributed by atoms with E-state index in [1.54, 1.807) is 13.8 Å². The van der Waals surface area contributed by atoms with Crippen LogP contribution in [0.3, 0.4) is 0 Å². The second kappa shape index (κ2) is 9.87. The van der Waals surface area contributed by atoms with Gasteiger partial charge in [0.1, 0.15) is 25.5 Å². The number of carbonyl (C=O) groups is 2. The van der Waals surface area contributed by atoms with Crippen LogP contribution in [0.4, 0.5) is 0 Å². The lowest BCUT2D eigenvalue weighted by Gasteiger charge is -2.25. The van der Waals surface area contributed by atoms with Crippen molar-refractivity contribution in [3.63, 3.8) is 0 Å². The molecule has 0 saturated carbocycles. The Labute approximate surface area is 182 Å². The molecule has 8 heteroatoms. The van der Waals surface area contributed by atoms with Crippen LogP contribution >= 0.6 is 0 Å². The zero-order chi connectivity index (χ0) is 22.5. The van der Waals surface area contributed by atoms with Crippen molar-refractivity contribution in [1.82, 2.24) is 10.3 Å². The van der Waals surface area contributed by atoms with Crippen molar-refractivity contribution in [2.45, 2.75) is 33.7 Å². The minimum atomic E-state index is -0.477. The number of fused-ring (bicyclic) bond motifs is 1. The number of hydrogen-bond acceptors (Lipinski definition) is 6. The largest absolute Gasteiger partial charge is 0.486 e. The lowest BCUT2D eigenvalue weighted by molar-refractivity contribution is 0.0387. The average molecular weight is 431 g/mol. The van der Waals surface area contributed by atoms with Gasteiger partial charge in [-0.1, -0.05) is 19.9 Å². The van der Waals surface area contributed by atoms with Crippen LogP contribution < -0.4 is 14.8 Å². The average Bonchev–Trinajstić information content (AvgIpc) is 3.05. The number of ether oxygens (including phenoxy) is 4. The Balaban J connectivity index is 1.80. The summed E-state index contributed by atoms with van der Waals surface area (Å²) in [5, 5.41) is 3.09. The fourth-order valence-electron chi connectivity index (χ4n) is 3.67. The Morgan fingerprint density at radius 3 is 2.52 bits per heavy atom. The van der Waals surface area contributed by atoms with Crippen LogP contribution in [0.1, 0.15) is 57.6 Å². The molecular weight excluding hydrogens is 400 g/mol. The Hall–Kier alpha value is -3.00. The number of H-pyrrole nitrogens is 1. The number of aryl methyl sites for hydroxylation is 1. The van der Waals surface area contributed by atoms with E-state index in [4.69, 9.17) is 18.9 Å². The monoisotopic (exact) mass is 430 g/mol. The van der Waals surface area contributed by atoms with E-state index in [1.165, 1.54) is 7.11 Å². The van der Waals surface area contributed by atoms with Gasteiger partial charge in [-0.05, 0) is 43.0 Å². The van der Waals surface area contributed by atoms with Crippen LogP contribution in [0.25, 0.3) is 0 Å². The maximum atomic E-state index is 13.1. The van der Waals surface area contributed by atoms with E-state index in [9.17, 15) is 9.59 Å². The quantitative estimate of drug-likeness (QED) is 0.492. The summed E-state index contributed by atoms with van der Waals surface area (Å²) >= 11 is 0. The van der Waals surface area contributed by atoms with E-state index in [-0.39, 0.29) is 24.5 Å². The highest BCUT2D eigenvalue weighted by molar-refractivity contribution is 6.00. The topological polar surface area (TPSA) is 98.9 Å². The molecule has 168 valence electrons. The molecule has 8 nitrogen and oxygen atoms in total. The molecule has 3 rings (SSSR count). The molecule has 0 saturated heterocycles. The Morgan fingerprint density at radius 2 is 1.84 bits per heavy atom. The highest BCUT2D eigenvalue weighted by Gasteiger charge is 2.26. The molecule has 1 aliphatic heterocycles. The molecule has 0 spiro atoms. The van der Waals surface area contributed by atoms with Crippen molar-refractivity contribution >= 4 is 11.9 Å². The van der Waals surface area contributed by atoms with Crippen molar-refractivity contribution in [3.8, 4) is 11.5 Å². The first-order valence-electron chi connectivity index (χ1n) is 10.4. The van der Waals surface area contributed by atoms with Gasteiger partial charge in [0.05, 0.1) is 18.2 Å². The molecule has 2 heterocycles. The van der Waals surface area contributed by atoms with E-state index in [0.717, 1.165) is 5.56 Å². The summed E-state index contributed by atoms with van der Waals surface area (Å²) in [6, 6.07) is 5.46. The van der Waals surface area contributed by atoms with Gasteiger partial charge in [0.2, 0.25) is 0 Å². The minimum Gasteiger partial charge on any atom is -0.486 e. The lowest BCUT2D eigenvalue weighted by Crippen LogP contribution is -2.32. The summed E-state index contributed by atoms with van der Waals surface area (Å²) in [5.41, 5.74) is 2.79. The van der Waals surface area contributed by atoms with Gasteiger partial charge >= 0.3 is 5.97 Å². The first-order valence-corrected chi connectivity index (χ1v) is 10.4. The van der Waals surface area contributed by atoms with Crippen LogP contribution in [0.5, 0.6) is 11.5 Å². The second-order valence-electron chi connectivity index (χ2n) is 7.85. The number of benzene rings is 1. The van der Waals surface area contributed by atoms with Crippen molar-refractivity contribution < 1.29 is 28.5 Å². The number of hydrogen-bond donors (Lipinski definition) is 2. The van der Waals surface area contributed by atoms with Gasteiger partial charge in [0.25, 0.3) is 5.91 Å². The van der Waals surface area contributed by atoms with Crippen LogP contribution in [0, 0.1) is 19.8 Å². The van der Waals surface area contributed by atoms with Crippen molar-refractivity contribution in [1.29, 1.82) is 0 Å². The Bertz CT molecular complexity index is 950. The summed E-state index contributed by atoms with van der Waals surface area (Å²) in [5.74, 6) is 0.744. The van der Waals surface area contributed by atoms with Crippen LogP contribution in [-0.4, -0.2) is 50.4 Å². The summed E-state index contributed by atoms with van der Waals surface area (Å²) in [6.07, 6.45) is 0. The maximum Gasteiger partial charge on any atom is 0.340 e. The van der Waals surface area contributed by atoms with E-state index in [2.05, 4.69) is 10.3 Å². The molecule has 1 atom stereocenters. The first kappa shape index (κ1) is 22.7. The second-order valence-corrected chi connectivity index (χ2v) is 7.85. The number of nitrogens with one attached hydrogen (secondary N) is 2. The predicted octanol–water partition coefficient (Wildman–Crippen LogP) is 3.33. The summed E-state index contributed by atoms with van der Waals surface area (Å²) in [7, 11) is 1.54. The Kier molecular flexibility index (Phi) is 7.22. The number of rotatable bonds is 8. The molecule has 31 heavy (non-hydrogen) atoms. The van der Waals surface area contributed by atoms with E-state index in [0.29, 0.717) is 53.8 Å². The molecule has 0 bridgehead atoms. The summed E-state index contributed by atoms with van der Waals surface area (Å²) in [6.45, 7) is 9.04. The third kappa shape index (κ3) is 5.02. The van der Waals surface area contributed by atoms with Gasteiger partial charge in [-0.3, -0.25) is 4.79 Å². The molecule has 2 N–H and O–H groups in total. The van der Waals surface area contributed by atoms with E-state index >= 15 is 0 Å². The number of aromatic nitrogens is 1. The third-order valence-corrected chi connectivity index (χ3v) is 5.27. The molecule has 1 aromatic carbocycles. The van der Waals surface area contributed by atoms with E-state index in [1.807, 2.05) is 32.0 Å². The van der Waals surface area contributed by atoms with Crippen LogP contribution in [0.15, 0.2) is 18.2 Å². The molecule has 1 unspecified atom stereocenters. The zero-order valence-corrected chi connectivity index (χ0v) is 18.7. The molecule has 1 aromatic heterocycles. The number of aromatic amines is 1. The molecule has 0 aliphatic carbocycles. The number of methoxy groups -OCH3 is 1. The SMILES string of the molecule is COCCOC(=O)c1c(C)[nH]c(C(=O)NC(c2ccc3c(c2)OCCO3)C(C)C)c1C. The zero-order valence-electron chi connectivity index (χ0n) is 18.7. The van der Waals surface area contributed by atoms with E-state index < -0.39 is 5.97 Å². The number of amides is 1. The smallest absolute Gasteiger partial charge is 0.340 e. The summed E-state index contributed by atoms with van der Waals surface area (Å²) in [4.78, 5) is 28.6. The molecule has 2 aromatic rings. The van der Waals surface area contributed by atoms with Crippen LogP contribution in [-0.2, 0) is 9.47 Å². The maximum absolute atomic E-state index is 13.1. The molecule has 1 amide bonds. The minimum absolute atomic E-state index is 0.126. The molecule has 0 fully saturated rings. The predicted molar refractivity (Wildman–Crippen MR) is 115 cm³/mol. The fourth-order valence-corrected chi connectivity index (χ4v) is 3.67. The Morgan fingerprint density at radius 1 is 1.13 bits per heavy atom.